The van der Waals surface area contributed by atoms with E-state index in [0.29, 0.717) is 19.3 Å². The zero-order valence-electron chi connectivity index (χ0n) is 17.2. The molecule has 0 atom stereocenters. The van der Waals surface area contributed by atoms with Gasteiger partial charge in [0.2, 0.25) is 5.91 Å². The maximum Gasteiger partial charge on any atom is 0.238 e. The molecule has 28 heavy (non-hydrogen) atoms. The summed E-state index contributed by atoms with van der Waals surface area (Å²) in [6.07, 6.45) is 1.81. The first-order valence-corrected chi connectivity index (χ1v) is 10.2. The maximum atomic E-state index is 12.4. The summed E-state index contributed by atoms with van der Waals surface area (Å²) in [5.74, 6) is 0.0417. The van der Waals surface area contributed by atoms with Crippen molar-refractivity contribution in [2.45, 2.75) is 40.4 Å². The molecule has 3 rings (SSSR count). The number of aromatic nitrogens is 3. The van der Waals surface area contributed by atoms with Crippen molar-refractivity contribution >= 4 is 23.8 Å². The van der Waals surface area contributed by atoms with Crippen molar-refractivity contribution in [1.82, 2.24) is 24.1 Å². The van der Waals surface area contributed by atoms with E-state index in [9.17, 15) is 4.79 Å². The molecule has 2 aromatic rings. The Bertz CT molecular complexity index is 879. The van der Waals surface area contributed by atoms with Gasteiger partial charge in [-0.1, -0.05) is 12.1 Å². The summed E-state index contributed by atoms with van der Waals surface area (Å²) in [6, 6.07) is 6.30. The van der Waals surface area contributed by atoms with Crippen LogP contribution in [-0.2, 0) is 11.5 Å². The Morgan fingerprint density at radius 1 is 1.18 bits per heavy atom. The molecule has 1 aliphatic rings. The number of nitrogens with one attached hydrogen (secondary N) is 1. The average Bonchev–Trinajstić information content (AvgIpc) is 3.01. The van der Waals surface area contributed by atoms with Crippen LogP contribution < -0.4 is 5.32 Å². The summed E-state index contributed by atoms with van der Waals surface area (Å²) in [5.41, 5.74) is 3.21. The third-order valence-electron chi connectivity index (χ3n) is 5.36. The van der Waals surface area contributed by atoms with Gasteiger partial charge in [0.15, 0.2) is 4.77 Å². The number of anilines is 1. The molecule has 7 nitrogen and oxygen atoms in total. The fourth-order valence-corrected chi connectivity index (χ4v) is 3.72. The standard InChI is InChI=1S/C20H30N6OS/c1-15(2)25-13-21-26(20(25)28)14-24-10-8-23(9-11-24)12-19(27)22-18-7-5-6-16(3)17(18)4/h5-7,13,15H,8-12,14H2,1-4H3,(H,22,27). The second kappa shape index (κ2) is 8.98. The molecule has 0 saturated carbocycles. The van der Waals surface area contributed by atoms with Gasteiger partial charge in [-0.15, -0.1) is 0 Å². The number of hydrogen-bond acceptors (Lipinski definition) is 5. The molecule has 0 unspecified atom stereocenters. The van der Waals surface area contributed by atoms with Crippen LogP contribution in [0.1, 0.15) is 31.0 Å². The molecule has 1 fully saturated rings. The summed E-state index contributed by atoms with van der Waals surface area (Å²) in [6.45, 7) is 12.9. The number of rotatable bonds is 6. The van der Waals surface area contributed by atoms with Gasteiger partial charge in [-0.05, 0) is 57.1 Å². The van der Waals surface area contributed by atoms with Gasteiger partial charge >= 0.3 is 0 Å². The molecular formula is C20H30N6OS. The quantitative estimate of drug-likeness (QED) is 0.753. The van der Waals surface area contributed by atoms with E-state index in [-0.39, 0.29) is 5.91 Å². The fourth-order valence-electron chi connectivity index (χ4n) is 3.36. The Labute approximate surface area is 171 Å². The molecule has 0 aliphatic carbocycles. The lowest BCUT2D eigenvalue weighted by atomic mass is 10.1. The number of piperazine rings is 1. The lowest BCUT2D eigenvalue weighted by molar-refractivity contribution is -0.117. The largest absolute Gasteiger partial charge is 0.325 e. The van der Waals surface area contributed by atoms with E-state index in [0.717, 1.165) is 42.2 Å². The monoisotopic (exact) mass is 402 g/mol. The summed E-state index contributed by atoms with van der Waals surface area (Å²) >= 11 is 5.51. The fraction of sp³-hybridized carbons (Fsp3) is 0.550. The van der Waals surface area contributed by atoms with Gasteiger partial charge in [-0.25, -0.2) is 4.68 Å². The summed E-state index contributed by atoms with van der Waals surface area (Å²) in [4.78, 5) is 17.0. The van der Waals surface area contributed by atoms with Crippen molar-refractivity contribution in [3.63, 3.8) is 0 Å². The van der Waals surface area contributed by atoms with Crippen LogP contribution in [0.3, 0.4) is 0 Å². The van der Waals surface area contributed by atoms with Crippen LogP contribution in [0, 0.1) is 18.6 Å². The molecule has 0 radical (unpaired) electrons. The predicted octanol–water partition coefficient (Wildman–Crippen LogP) is 2.83. The van der Waals surface area contributed by atoms with Gasteiger partial charge in [0.25, 0.3) is 0 Å². The van der Waals surface area contributed by atoms with Crippen molar-refractivity contribution < 1.29 is 4.79 Å². The Hall–Kier alpha value is -2.03. The molecule has 2 heterocycles. The maximum absolute atomic E-state index is 12.4. The molecule has 1 aliphatic heterocycles. The van der Waals surface area contributed by atoms with Gasteiger partial charge in [-0.3, -0.25) is 14.6 Å². The molecule has 1 aromatic heterocycles. The smallest absolute Gasteiger partial charge is 0.238 e. The summed E-state index contributed by atoms with van der Waals surface area (Å²) < 4.78 is 4.63. The number of benzene rings is 1. The van der Waals surface area contributed by atoms with Gasteiger partial charge in [0.05, 0.1) is 13.2 Å². The number of aryl methyl sites for hydroxylation is 1. The lowest BCUT2D eigenvalue weighted by Crippen LogP contribution is -2.49. The van der Waals surface area contributed by atoms with E-state index in [1.807, 2.05) is 28.3 Å². The van der Waals surface area contributed by atoms with E-state index in [2.05, 4.69) is 47.1 Å². The molecule has 8 heteroatoms. The highest BCUT2D eigenvalue weighted by atomic mass is 32.1. The minimum Gasteiger partial charge on any atom is -0.325 e. The second-order valence-electron chi connectivity index (χ2n) is 7.75. The molecule has 1 amide bonds. The zero-order valence-corrected chi connectivity index (χ0v) is 18.0. The Kier molecular flexibility index (Phi) is 6.64. The van der Waals surface area contributed by atoms with Crippen LogP contribution in [0.5, 0.6) is 0 Å². The zero-order chi connectivity index (χ0) is 20.3. The van der Waals surface area contributed by atoms with E-state index >= 15 is 0 Å². The first kappa shape index (κ1) is 20.7. The lowest BCUT2D eigenvalue weighted by Gasteiger charge is -2.34. The number of carbonyl (C=O) groups excluding carboxylic acids is 1. The molecular weight excluding hydrogens is 372 g/mol. The van der Waals surface area contributed by atoms with Crippen LogP contribution in [-0.4, -0.2) is 62.8 Å². The minimum absolute atomic E-state index is 0.0417. The first-order valence-electron chi connectivity index (χ1n) is 9.80. The number of carbonyl (C=O) groups is 1. The van der Waals surface area contributed by atoms with Gasteiger partial charge < -0.3 is 9.88 Å². The Balaban J connectivity index is 1.48. The van der Waals surface area contributed by atoms with E-state index in [4.69, 9.17) is 12.2 Å². The molecule has 1 saturated heterocycles. The highest BCUT2D eigenvalue weighted by Crippen LogP contribution is 2.18. The molecule has 0 bridgehead atoms. The predicted molar refractivity (Wildman–Crippen MR) is 114 cm³/mol. The van der Waals surface area contributed by atoms with Crippen LogP contribution in [0.25, 0.3) is 0 Å². The van der Waals surface area contributed by atoms with E-state index in [1.165, 1.54) is 5.56 Å². The second-order valence-corrected chi connectivity index (χ2v) is 8.11. The summed E-state index contributed by atoms with van der Waals surface area (Å²) in [7, 11) is 0. The SMILES string of the molecule is Cc1cccc(NC(=O)CN2CCN(Cn3ncn(C(C)C)c3=S)CC2)c1C. The highest BCUT2D eigenvalue weighted by Gasteiger charge is 2.20. The topological polar surface area (TPSA) is 58.3 Å². The average molecular weight is 403 g/mol. The third kappa shape index (κ3) is 4.87. The Morgan fingerprint density at radius 3 is 2.50 bits per heavy atom. The minimum atomic E-state index is 0.0417. The molecule has 0 spiro atoms. The van der Waals surface area contributed by atoms with Crippen molar-refractivity contribution in [2.24, 2.45) is 0 Å². The number of amides is 1. The van der Waals surface area contributed by atoms with Gasteiger partial charge in [0, 0.05) is 37.9 Å². The van der Waals surface area contributed by atoms with E-state index in [1.54, 1.807) is 6.33 Å². The van der Waals surface area contributed by atoms with E-state index < -0.39 is 0 Å². The van der Waals surface area contributed by atoms with Crippen molar-refractivity contribution in [2.75, 3.05) is 38.0 Å². The highest BCUT2D eigenvalue weighted by molar-refractivity contribution is 7.71. The normalized spacial score (nSPS) is 15.9. The van der Waals surface area contributed by atoms with Gasteiger partial charge in [0.1, 0.15) is 6.33 Å². The first-order chi connectivity index (χ1) is 13.3. The van der Waals surface area contributed by atoms with Crippen molar-refractivity contribution in [3.8, 4) is 0 Å². The Morgan fingerprint density at radius 2 is 1.86 bits per heavy atom. The van der Waals surface area contributed by atoms with Gasteiger partial charge in [-0.2, -0.15) is 5.10 Å². The van der Waals surface area contributed by atoms with Crippen molar-refractivity contribution in [3.05, 3.63) is 40.4 Å². The summed E-state index contributed by atoms with van der Waals surface area (Å²) in [5, 5.41) is 7.46. The van der Waals surface area contributed by atoms with Crippen molar-refractivity contribution in [1.29, 1.82) is 0 Å². The molecule has 1 N–H and O–H groups in total. The van der Waals surface area contributed by atoms with Crippen LogP contribution in [0.4, 0.5) is 5.69 Å². The number of hydrogen-bond donors (Lipinski definition) is 1. The molecule has 1 aromatic carbocycles. The third-order valence-corrected chi connectivity index (χ3v) is 5.78. The number of nitrogens with zero attached hydrogens (tertiary/aromatic N) is 5. The molecule has 152 valence electrons. The van der Waals surface area contributed by atoms with Crippen LogP contribution in [0.2, 0.25) is 0 Å². The van der Waals surface area contributed by atoms with Crippen LogP contribution >= 0.6 is 12.2 Å². The van der Waals surface area contributed by atoms with Crippen LogP contribution in [0.15, 0.2) is 24.5 Å².